The molecule has 1 aromatic heterocycles. The first-order valence-electron chi connectivity index (χ1n) is 4.57. The first-order valence-corrected chi connectivity index (χ1v) is 4.57. The summed E-state index contributed by atoms with van der Waals surface area (Å²) in [6.07, 6.45) is 1.77. The van der Waals surface area contributed by atoms with Crippen molar-refractivity contribution in [2.24, 2.45) is 5.73 Å². The summed E-state index contributed by atoms with van der Waals surface area (Å²) in [6.45, 7) is 0. The standard InChI is InChI=1S/C10H13FN2O2/c1-15-10(14)5-3-8(12)9-4-2-7(11)6-13-9/h2,4,6,8H,3,5,12H2,1H3. The molecule has 0 saturated carbocycles. The van der Waals surface area contributed by atoms with Gasteiger partial charge in [0.15, 0.2) is 0 Å². The molecule has 0 spiro atoms. The van der Waals surface area contributed by atoms with Gasteiger partial charge < -0.3 is 10.5 Å². The second-order valence-corrected chi connectivity index (χ2v) is 3.12. The van der Waals surface area contributed by atoms with Crippen LogP contribution >= 0.6 is 0 Å². The van der Waals surface area contributed by atoms with Crippen molar-refractivity contribution in [1.29, 1.82) is 0 Å². The number of hydrogen-bond donors (Lipinski definition) is 1. The molecule has 0 radical (unpaired) electrons. The molecule has 0 amide bonds. The van der Waals surface area contributed by atoms with Gasteiger partial charge in [0.2, 0.25) is 0 Å². The Balaban J connectivity index is 2.50. The number of hydrogen-bond acceptors (Lipinski definition) is 4. The van der Waals surface area contributed by atoms with Crippen LogP contribution in [-0.2, 0) is 9.53 Å². The van der Waals surface area contributed by atoms with Gasteiger partial charge in [0.1, 0.15) is 5.82 Å². The van der Waals surface area contributed by atoms with Crippen molar-refractivity contribution in [3.63, 3.8) is 0 Å². The van der Waals surface area contributed by atoms with Crippen molar-refractivity contribution in [3.05, 3.63) is 29.8 Å². The molecule has 1 rings (SSSR count). The molecule has 1 unspecified atom stereocenters. The van der Waals surface area contributed by atoms with E-state index >= 15 is 0 Å². The summed E-state index contributed by atoms with van der Waals surface area (Å²) in [5.41, 5.74) is 6.33. The van der Waals surface area contributed by atoms with Crippen LogP contribution in [0.15, 0.2) is 18.3 Å². The number of halogens is 1. The highest BCUT2D eigenvalue weighted by molar-refractivity contribution is 5.69. The van der Waals surface area contributed by atoms with Crippen LogP contribution in [0.3, 0.4) is 0 Å². The number of ether oxygens (including phenoxy) is 1. The maximum absolute atomic E-state index is 12.5. The largest absolute Gasteiger partial charge is 0.469 e. The Hall–Kier alpha value is -1.49. The van der Waals surface area contributed by atoms with Gasteiger partial charge in [0.25, 0.3) is 0 Å². The Bertz CT molecular complexity index is 327. The summed E-state index contributed by atoms with van der Waals surface area (Å²) in [5.74, 6) is -0.716. The molecule has 0 aliphatic heterocycles. The van der Waals surface area contributed by atoms with E-state index in [1.54, 1.807) is 0 Å². The van der Waals surface area contributed by atoms with Crippen LogP contribution in [0.4, 0.5) is 4.39 Å². The maximum Gasteiger partial charge on any atom is 0.305 e. The molecule has 1 aromatic rings. The molecule has 0 fully saturated rings. The van der Waals surface area contributed by atoms with Crippen molar-refractivity contribution >= 4 is 5.97 Å². The lowest BCUT2D eigenvalue weighted by molar-refractivity contribution is -0.140. The lowest BCUT2D eigenvalue weighted by Crippen LogP contribution is -2.14. The minimum atomic E-state index is -0.404. The molecule has 1 heterocycles. The number of carbonyl (C=O) groups is 1. The third-order valence-corrected chi connectivity index (χ3v) is 2.02. The topological polar surface area (TPSA) is 65.2 Å². The van der Waals surface area contributed by atoms with Crippen LogP contribution in [0.1, 0.15) is 24.6 Å². The highest BCUT2D eigenvalue weighted by Crippen LogP contribution is 2.13. The fourth-order valence-electron chi connectivity index (χ4n) is 1.13. The second-order valence-electron chi connectivity index (χ2n) is 3.12. The average molecular weight is 212 g/mol. The fraction of sp³-hybridized carbons (Fsp3) is 0.400. The minimum absolute atomic E-state index is 0.233. The zero-order valence-corrected chi connectivity index (χ0v) is 8.44. The van der Waals surface area contributed by atoms with Crippen molar-refractivity contribution in [1.82, 2.24) is 4.98 Å². The Kier molecular flexibility index (Phi) is 4.17. The van der Waals surface area contributed by atoms with E-state index in [1.165, 1.54) is 19.2 Å². The van der Waals surface area contributed by atoms with Crippen molar-refractivity contribution in [2.75, 3.05) is 7.11 Å². The predicted molar refractivity (Wildman–Crippen MR) is 52.4 cm³/mol. The molecule has 5 heteroatoms. The molecule has 2 N–H and O–H groups in total. The van der Waals surface area contributed by atoms with Crippen LogP contribution in [-0.4, -0.2) is 18.1 Å². The Morgan fingerprint density at radius 2 is 2.40 bits per heavy atom. The van der Waals surface area contributed by atoms with Gasteiger partial charge in [-0.15, -0.1) is 0 Å². The first-order chi connectivity index (χ1) is 7.13. The number of pyridine rings is 1. The van der Waals surface area contributed by atoms with Gasteiger partial charge in [-0.25, -0.2) is 4.39 Å². The van der Waals surface area contributed by atoms with Gasteiger partial charge in [-0.1, -0.05) is 0 Å². The van der Waals surface area contributed by atoms with E-state index in [0.717, 1.165) is 6.20 Å². The number of methoxy groups -OCH3 is 1. The number of nitrogens with two attached hydrogens (primary N) is 1. The first kappa shape index (κ1) is 11.6. The predicted octanol–water partition coefficient (Wildman–Crippen LogP) is 1.17. The quantitative estimate of drug-likeness (QED) is 0.761. The monoisotopic (exact) mass is 212 g/mol. The molecule has 4 nitrogen and oxygen atoms in total. The molecule has 0 bridgehead atoms. The smallest absolute Gasteiger partial charge is 0.305 e. The normalized spacial score (nSPS) is 12.2. The summed E-state index contributed by atoms with van der Waals surface area (Å²) in [5, 5.41) is 0. The summed E-state index contributed by atoms with van der Waals surface area (Å²) in [4.78, 5) is 14.7. The molecule has 15 heavy (non-hydrogen) atoms. The number of nitrogens with zero attached hydrogens (tertiary/aromatic N) is 1. The molecular weight excluding hydrogens is 199 g/mol. The number of rotatable bonds is 4. The van der Waals surface area contributed by atoms with E-state index in [1.807, 2.05) is 0 Å². The van der Waals surface area contributed by atoms with E-state index in [9.17, 15) is 9.18 Å². The zero-order valence-electron chi connectivity index (χ0n) is 8.44. The summed E-state index contributed by atoms with van der Waals surface area (Å²) >= 11 is 0. The SMILES string of the molecule is COC(=O)CCC(N)c1ccc(F)cn1. The Morgan fingerprint density at radius 1 is 1.67 bits per heavy atom. The van der Waals surface area contributed by atoms with E-state index in [0.29, 0.717) is 12.1 Å². The second kappa shape index (κ2) is 5.41. The maximum atomic E-state index is 12.5. The average Bonchev–Trinajstić information content (AvgIpc) is 2.26. The van der Waals surface area contributed by atoms with Gasteiger partial charge in [0, 0.05) is 12.5 Å². The number of carbonyl (C=O) groups excluding carboxylic acids is 1. The van der Waals surface area contributed by atoms with E-state index in [2.05, 4.69) is 9.72 Å². The van der Waals surface area contributed by atoms with Crippen LogP contribution in [0, 0.1) is 5.82 Å². The van der Waals surface area contributed by atoms with Gasteiger partial charge in [0.05, 0.1) is 19.0 Å². The van der Waals surface area contributed by atoms with Gasteiger partial charge in [-0.3, -0.25) is 9.78 Å². The van der Waals surface area contributed by atoms with E-state index in [-0.39, 0.29) is 18.4 Å². The van der Waals surface area contributed by atoms with Gasteiger partial charge >= 0.3 is 5.97 Å². The molecule has 82 valence electrons. The Morgan fingerprint density at radius 3 is 2.93 bits per heavy atom. The molecule has 0 aliphatic carbocycles. The minimum Gasteiger partial charge on any atom is -0.469 e. The van der Waals surface area contributed by atoms with Crippen molar-refractivity contribution < 1.29 is 13.9 Å². The van der Waals surface area contributed by atoms with E-state index < -0.39 is 5.82 Å². The van der Waals surface area contributed by atoms with Crippen molar-refractivity contribution in [3.8, 4) is 0 Å². The van der Waals surface area contributed by atoms with Crippen LogP contribution in [0.25, 0.3) is 0 Å². The van der Waals surface area contributed by atoms with E-state index in [4.69, 9.17) is 5.73 Å². The van der Waals surface area contributed by atoms with Gasteiger partial charge in [-0.2, -0.15) is 0 Å². The summed E-state index contributed by atoms with van der Waals surface area (Å²) < 4.78 is 17.0. The van der Waals surface area contributed by atoms with Crippen molar-refractivity contribution in [2.45, 2.75) is 18.9 Å². The third-order valence-electron chi connectivity index (χ3n) is 2.02. The Labute approximate surface area is 87.3 Å². The van der Waals surface area contributed by atoms with Crippen LogP contribution < -0.4 is 5.73 Å². The highest BCUT2D eigenvalue weighted by atomic mass is 19.1. The molecule has 0 saturated heterocycles. The molecule has 1 atom stereocenters. The highest BCUT2D eigenvalue weighted by Gasteiger charge is 2.10. The summed E-state index contributed by atoms with van der Waals surface area (Å²) in [6, 6.07) is 2.43. The van der Waals surface area contributed by atoms with Crippen LogP contribution in [0.2, 0.25) is 0 Å². The lowest BCUT2D eigenvalue weighted by Gasteiger charge is -2.09. The lowest BCUT2D eigenvalue weighted by atomic mass is 10.1. The van der Waals surface area contributed by atoms with Gasteiger partial charge in [-0.05, 0) is 18.6 Å². The third kappa shape index (κ3) is 3.63. The molecule has 0 aliphatic rings. The summed E-state index contributed by atoms with van der Waals surface area (Å²) in [7, 11) is 1.32. The molecule has 0 aromatic carbocycles. The zero-order chi connectivity index (χ0) is 11.3. The van der Waals surface area contributed by atoms with Crippen LogP contribution in [0.5, 0.6) is 0 Å². The number of esters is 1. The fourth-order valence-corrected chi connectivity index (χ4v) is 1.13. The number of aromatic nitrogens is 1. The molecular formula is C10H13FN2O2.